The summed E-state index contributed by atoms with van der Waals surface area (Å²) in [5.41, 5.74) is 0. The number of hydrogen-bond donors (Lipinski definition) is 2. The van der Waals surface area contributed by atoms with Crippen LogP contribution in [-0.2, 0) is 0 Å². The van der Waals surface area contributed by atoms with E-state index >= 15 is 0 Å². The zero-order valence-corrected chi connectivity index (χ0v) is 6.49. The normalized spacial score (nSPS) is 13.7. The fourth-order valence-corrected chi connectivity index (χ4v) is 0.706. The number of halogens is 1. The van der Waals surface area contributed by atoms with Crippen LogP contribution in [0.2, 0.25) is 0 Å². The summed E-state index contributed by atoms with van der Waals surface area (Å²) in [5.74, 6) is 0.635. The summed E-state index contributed by atoms with van der Waals surface area (Å²) in [7, 11) is 0. The Labute approximate surface area is 61.2 Å². The molecule has 0 aliphatic heterocycles. The van der Waals surface area contributed by atoms with E-state index in [-0.39, 0.29) is 6.61 Å². The minimum atomic E-state index is 0.246. The molecule has 0 aliphatic rings. The van der Waals surface area contributed by atoms with Gasteiger partial charge in [0.05, 0.1) is 0 Å². The molecule has 0 rings (SSSR count). The lowest BCUT2D eigenvalue weighted by Crippen LogP contribution is -2.28. The van der Waals surface area contributed by atoms with Crippen LogP contribution in [0.5, 0.6) is 0 Å². The van der Waals surface area contributed by atoms with Gasteiger partial charge in [-0.15, -0.1) is 11.6 Å². The van der Waals surface area contributed by atoms with Gasteiger partial charge in [-0.25, -0.2) is 0 Å². The highest BCUT2D eigenvalue weighted by atomic mass is 35.5. The molecule has 0 bridgehead atoms. The van der Waals surface area contributed by atoms with E-state index < -0.39 is 0 Å². The highest BCUT2D eigenvalue weighted by Gasteiger charge is 1.96. The topological polar surface area (TPSA) is 32.3 Å². The van der Waals surface area contributed by atoms with Gasteiger partial charge in [0.1, 0.15) is 0 Å². The van der Waals surface area contributed by atoms with Gasteiger partial charge in [0.2, 0.25) is 0 Å². The number of aliphatic hydroxyl groups excluding tert-OH is 1. The second-order valence-corrected chi connectivity index (χ2v) is 2.43. The SMILES string of the molecule is CC(CCO)NCCCl. The molecule has 9 heavy (non-hydrogen) atoms. The van der Waals surface area contributed by atoms with Crippen LogP contribution in [0.25, 0.3) is 0 Å². The lowest BCUT2D eigenvalue weighted by atomic mass is 10.2. The number of nitrogens with one attached hydrogen (secondary N) is 1. The van der Waals surface area contributed by atoms with Gasteiger partial charge in [0, 0.05) is 25.1 Å². The smallest absolute Gasteiger partial charge is 0.0445 e. The number of aliphatic hydroxyl groups is 1. The van der Waals surface area contributed by atoms with Crippen molar-refractivity contribution in [3.8, 4) is 0 Å². The van der Waals surface area contributed by atoms with Crippen molar-refractivity contribution in [2.24, 2.45) is 0 Å². The van der Waals surface area contributed by atoms with Crippen molar-refractivity contribution in [1.82, 2.24) is 5.32 Å². The Balaban J connectivity index is 2.95. The van der Waals surface area contributed by atoms with Gasteiger partial charge < -0.3 is 10.4 Å². The van der Waals surface area contributed by atoms with Crippen molar-refractivity contribution in [3.63, 3.8) is 0 Å². The van der Waals surface area contributed by atoms with Crippen LogP contribution in [-0.4, -0.2) is 30.2 Å². The van der Waals surface area contributed by atoms with Crippen LogP contribution in [0.15, 0.2) is 0 Å². The van der Waals surface area contributed by atoms with Crippen LogP contribution < -0.4 is 5.32 Å². The van der Waals surface area contributed by atoms with Crippen LogP contribution in [0.4, 0.5) is 0 Å². The second kappa shape index (κ2) is 6.33. The van der Waals surface area contributed by atoms with Crippen molar-refractivity contribution in [1.29, 1.82) is 0 Å². The molecule has 0 aliphatic carbocycles. The molecule has 0 amide bonds. The van der Waals surface area contributed by atoms with Gasteiger partial charge in [-0.3, -0.25) is 0 Å². The molecular weight excluding hydrogens is 138 g/mol. The Morgan fingerprint density at radius 1 is 1.67 bits per heavy atom. The Kier molecular flexibility index (Phi) is 6.48. The van der Waals surface area contributed by atoms with Crippen molar-refractivity contribution in [2.75, 3.05) is 19.0 Å². The van der Waals surface area contributed by atoms with Gasteiger partial charge in [-0.2, -0.15) is 0 Å². The molecule has 3 heteroatoms. The predicted octanol–water partition coefficient (Wildman–Crippen LogP) is 0.586. The number of alkyl halides is 1. The van der Waals surface area contributed by atoms with Gasteiger partial charge in [0.25, 0.3) is 0 Å². The van der Waals surface area contributed by atoms with E-state index in [1.54, 1.807) is 0 Å². The molecular formula is C6H14ClNO. The average Bonchev–Trinajstić information content (AvgIpc) is 1.85. The van der Waals surface area contributed by atoms with E-state index in [4.69, 9.17) is 16.7 Å². The molecule has 0 aromatic heterocycles. The first-order valence-corrected chi connectivity index (χ1v) is 3.75. The molecule has 0 spiro atoms. The summed E-state index contributed by atoms with van der Waals surface area (Å²) >= 11 is 5.42. The molecule has 2 nitrogen and oxygen atoms in total. The summed E-state index contributed by atoms with van der Waals surface area (Å²) in [4.78, 5) is 0. The lowest BCUT2D eigenvalue weighted by Gasteiger charge is -2.09. The van der Waals surface area contributed by atoms with Crippen LogP contribution in [0.3, 0.4) is 0 Å². The summed E-state index contributed by atoms with van der Waals surface area (Å²) < 4.78 is 0. The molecule has 0 fully saturated rings. The molecule has 56 valence electrons. The molecule has 1 atom stereocenters. The van der Waals surface area contributed by atoms with Gasteiger partial charge in [-0.05, 0) is 13.3 Å². The Bertz CT molecular complexity index is 61.0. The van der Waals surface area contributed by atoms with Crippen molar-refractivity contribution in [3.05, 3.63) is 0 Å². The second-order valence-electron chi connectivity index (χ2n) is 2.06. The largest absolute Gasteiger partial charge is 0.396 e. The minimum Gasteiger partial charge on any atom is -0.396 e. The molecule has 0 saturated carbocycles. The molecule has 0 saturated heterocycles. The van der Waals surface area contributed by atoms with E-state index in [1.807, 2.05) is 6.92 Å². The van der Waals surface area contributed by atoms with Gasteiger partial charge >= 0.3 is 0 Å². The molecule has 0 aromatic rings. The third kappa shape index (κ3) is 6.09. The van der Waals surface area contributed by atoms with E-state index in [0.717, 1.165) is 13.0 Å². The third-order valence-corrected chi connectivity index (χ3v) is 1.34. The van der Waals surface area contributed by atoms with Crippen molar-refractivity contribution in [2.45, 2.75) is 19.4 Å². The fourth-order valence-electron chi connectivity index (χ4n) is 0.597. The molecule has 2 N–H and O–H groups in total. The number of hydrogen-bond acceptors (Lipinski definition) is 2. The van der Waals surface area contributed by atoms with E-state index in [9.17, 15) is 0 Å². The molecule has 1 unspecified atom stereocenters. The fraction of sp³-hybridized carbons (Fsp3) is 1.00. The predicted molar refractivity (Wildman–Crippen MR) is 39.9 cm³/mol. The first-order valence-electron chi connectivity index (χ1n) is 3.21. The summed E-state index contributed by atoms with van der Waals surface area (Å²) in [5, 5.41) is 11.6. The summed E-state index contributed by atoms with van der Waals surface area (Å²) in [6, 6.07) is 0.383. The van der Waals surface area contributed by atoms with E-state index in [0.29, 0.717) is 11.9 Å². The Morgan fingerprint density at radius 2 is 2.33 bits per heavy atom. The number of rotatable bonds is 5. The zero-order valence-electron chi connectivity index (χ0n) is 5.73. The minimum absolute atomic E-state index is 0.246. The van der Waals surface area contributed by atoms with Gasteiger partial charge in [0.15, 0.2) is 0 Å². The maximum absolute atomic E-state index is 8.46. The molecule has 0 heterocycles. The van der Waals surface area contributed by atoms with Crippen LogP contribution in [0.1, 0.15) is 13.3 Å². The quantitative estimate of drug-likeness (QED) is 0.564. The first kappa shape index (κ1) is 9.21. The highest BCUT2D eigenvalue weighted by molar-refractivity contribution is 6.18. The van der Waals surface area contributed by atoms with Crippen molar-refractivity contribution >= 4 is 11.6 Å². The highest BCUT2D eigenvalue weighted by Crippen LogP contribution is 1.87. The van der Waals surface area contributed by atoms with E-state index in [2.05, 4.69) is 5.32 Å². The van der Waals surface area contributed by atoms with E-state index in [1.165, 1.54) is 0 Å². The summed E-state index contributed by atoms with van der Waals surface area (Å²) in [6.45, 7) is 3.10. The lowest BCUT2D eigenvalue weighted by molar-refractivity contribution is 0.270. The Hall–Kier alpha value is 0.210. The third-order valence-electron chi connectivity index (χ3n) is 1.15. The standard InChI is InChI=1S/C6H14ClNO/c1-6(2-5-9)8-4-3-7/h6,8-9H,2-5H2,1H3. The Morgan fingerprint density at radius 3 is 2.78 bits per heavy atom. The zero-order chi connectivity index (χ0) is 7.11. The van der Waals surface area contributed by atoms with Crippen LogP contribution >= 0.6 is 11.6 Å². The first-order chi connectivity index (χ1) is 4.31. The van der Waals surface area contributed by atoms with Gasteiger partial charge in [-0.1, -0.05) is 0 Å². The van der Waals surface area contributed by atoms with Crippen LogP contribution in [0, 0.1) is 0 Å². The summed E-state index contributed by atoms with van der Waals surface area (Å²) in [6.07, 6.45) is 0.802. The maximum atomic E-state index is 8.46. The molecule has 0 aromatic carbocycles. The molecule has 0 radical (unpaired) electrons. The maximum Gasteiger partial charge on any atom is 0.0445 e. The monoisotopic (exact) mass is 151 g/mol. The average molecular weight is 152 g/mol. The van der Waals surface area contributed by atoms with Crippen molar-refractivity contribution < 1.29 is 5.11 Å².